The molecule has 2 rings (SSSR count). The van der Waals surface area contributed by atoms with Crippen LogP contribution in [0, 0.1) is 5.92 Å². The molecular weight excluding hydrogens is 340 g/mol. The molecule has 0 aromatic heterocycles. The zero-order valence-corrected chi connectivity index (χ0v) is 17.4. The highest BCUT2D eigenvalue weighted by atomic mass is 16.5. The van der Waals surface area contributed by atoms with Gasteiger partial charge in [-0.3, -0.25) is 4.79 Å². The first-order valence-electron chi connectivity index (χ1n) is 10.3. The van der Waals surface area contributed by atoms with Gasteiger partial charge in [-0.05, 0) is 82.8 Å². The molecule has 1 fully saturated rings. The lowest BCUT2D eigenvalue weighted by Gasteiger charge is -2.38. The normalized spacial score (nSPS) is 22.6. The van der Waals surface area contributed by atoms with Gasteiger partial charge in [0, 0.05) is 18.8 Å². The lowest BCUT2D eigenvalue weighted by atomic mass is 9.78. The van der Waals surface area contributed by atoms with Crippen LogP contribution in [0.15, 0.2) is 24.3 Å². The highest BCUT2D eigenvalue weighted by molar-refractivity contribution is 5.97. The van der Waals surface area contributed by atoms with Crippen molar-refractivity contribution >= 4 is 11.6 Å². The molecule has 1 saturated carbocycles. The Hall–Kier alpha value is -1.59. The molecule has 0 bridgehead atoms. The zero-order chi connectivity index (χ0) is 19.7. The van der Waals surface area contributed by atoms with Crippen molar-refractivity contribution < 1.29 is 14.3 Å². The summed E-state index contributed by atoms with van der Waals surface area (Å²) in [4.78, 5) is 15.1. The van der Waals surface area contributed by atoms with Crippen molar-refractivity contribution in [2.75, 3.05) is 39.2 Å². The van der Waals surface area contributed by atoms with Crippen LogP contribution < -0.4 is 10.1 Å². The van der Waals surface area contributed by atoms with Crippen molar-refractivity contribution in [3.05, 3.63) is 24.3 Å². The number of hydrogen-bond donors (Lipinski definition) is 1. The van der Waals surface area contributed by atoms with Crippen LogP contribution in [-0.2, 0) is 9.53 Å². The van der Waals surface area contributed by atoms with E-state index in [4.69, 9.17) is 9.47 Å². The molecule has 1 aliphatic carbocycles. The molecule has 0 unspecified atom stereocenters. The number of nitrogens with one attached hydrogen (secondary N) is 1. The number of amides is 1. The molecule has 5 nitrogen and oxygen atoms in total. The van der Waals surface area contributed by atoms with E-state index in [0.29, 0.717) is 19.1 Å². The number of rotatable bonds is 10. The van der Waals surface area contributed by atoms with Gasteiger partial charge in [0.15, 0.2) is 0 Å². The van der Waals surface area contributed by atoms with Gasteiger partial charge < -0.3 is 19.7 Å². The third kappa shape index (κ3) is 6.82. The maximum atomic E-state index is 13.0. The summed E-state index contributed by atoms with van der Waals surface area (Å²) >= 11 is 0. The van der Waals surface area contributed by atoms with Gasteiger partial charge in [0.2, 0.25) is 0 Å². The first-order valence-corrected chi connectivity index (χ1v) is 10.3. The summed E-state index contributed by atoms with van der Waals surface area (Å²) in [7, 11) is 4.11. The smallest absolute Gasteiger partial charge is 0.256 e. The Kier molecular flexibility index (Phi) is 8.58. The summed E-state index contributed by atoms with van der Waals surface area (Å²) in [6.45, 7) is 6.65. The standard InChI is InChI=1S/C22H36N2O3/c1-5-16-27-22(13-11-18(2)12-14-22)21(25)23-19-7-9-20(10-8-19)26-17-6-15-24(3)4/h7-10,18H,5-6,11-17H2,1-4H3,(H,23,25). The van der Waals surface area contributed by atoms with Crippen LogP contribution >= 0.6 is 0 Å². The van der Waals surface area contributed by atoms with Gasteiger partial charge >= 0.3 is 0 Å². The number of nitrogens with zero attached hydrogens (tertiary/aromatic N) is 1. The molecule has 0 heterocycles. The molecule has 1 aliphatic rings. The summed E-state index contributed by atoms with van der Waals surface area (Å²) in [6.07, 6.45) is 5.58. The molecule has 0 spiro atoms. The van der Waals surface area contributed by atoms with E-state index in [-0.39, 0.29) is 5.91 Å². The molecule has 0 aliphatic heterocycles. The average Bonchev–Trinajstić information content (AvgIpc) is 2.66. The number of benzene rings is 1. The zero-order valence-electron chi connectivity index (χ0n) is 17.4. The molecule has 152 valence electrons. The fraction of sp³-hybridized carbons (Fsp3) is 0.682. The Bertz CT molecular complexity index is 558. The van der Waals surface area contributed by atoms with Crippen LogP contribution in [0.3, 0.4) is 0 Å². The molecule has 1 aromatic carbocycles. The topological polar surface area (TPSA) is 50.8 Å². The number of anilines is 1. The quantitative estimate of drug-likeness (QED) is 0.618. The van der Waals surface area contributed by atoms with Crippen molar-refractivity contribution in [3.63, 3.8) is 0 Å². The predicted molar refractivity (Wildman–Crippen MR) is 110 cm³/mol. The monoisotopic (exact) mass is 376 g/mol. The van der Waals surface area contributed by atoms with E-state index in [2.05, 4.69) is 38.2 Å². The Morgan fingerprint density at radius 3 is 2.44 bits per heavy atom. The largest absolute Gasteiger partial charge is 0.494 e. The lowest BCUT2D eigenvalue weighted by Crippen LogP contribution is -2.48. The SMILES string of the molecule is CCCOC1(C(=O)Nc2ccc(OCCCN(C)C)cc2)CCC(C)CC1. The predicted octanol–water partition coefficient (Wildman–Crippen LogP) is 4.33. The van der Waals surface area contributed by atoms with Gasteiger partial charge in [-0.1, -0.05) is 13.8 Å². The molecule has 0 atom stereocenters. The van der Waals surface area contributed by atoms with Crippen molar-refractivity contribution in [3.8, 4) is 5.75 Å². The van der Waals surface area contributed by atoms with E-state index in [9.17, 15) is 4.79 Å². The fourth-order valence-corrected chi connectivity index (χ4v) is 3.41. The van der Waals surface area contributed by atoms with Crippen molar-refractivity contribution in [2.45, 2.75) is 58.0 Å². The fourth-order valence-electron chi connectivity index (χ4n) is 3.41. The Morgan fingerprint density at radius 1 is 1.19 bits per heavy atom. The Labute approximate surface area is 164 Å². The van der Waals surface area contributed by atoms with Gasteiger partial charge in [0.1, 0.15) is 11.4 Å². The summed E-state index contributed by atoms with van der Waals surface area (Å²) in [5.41, 5.74) is 0.114. The second-order valence-corrected chi connectivity index (χ2v) is 8.01. The van der Waals surface area contributed by atoms with Gasteiger partial charge in [0.25, 0.3) is 5.91 Å². The molecule has 1 amide bonds. The Morgan fingerprint density at radius 2 is 1.85 bits per heavy atom. The minimum Gasteiger partial charge on any atom is -0.494 e. The molecule has 1 aromatic rings. The summed E-state index contributed by atoms with van der Waals surface area (Å²) < 4.78 is 11.8. The van der Waals surface area contributed by atoms with E-state index in [0.717, 1.165) is 56.5 Å². The lowest BCUT2D eigenvalue weighted by molar-refractivity contribution is -0.147. The second kappa shape index (κ2) is 10.7. The van der Waals surface area contributed by atoms with Crippen LogP contribution in [0.25, 0.3) is 0 Å². The number of carbonyl (C=O) groups excluding carboxylic acids is 1. The van der Waals surface area contributed by atoms with Gasteiger partial charge in [-0.15, -0.1) is 0 Å². The highest BCUT2D eigenvalue weighted by Gasteiger charge is 2.42. The molecule has 1 N–H and O–H groups in total. The highest BCUT2D eigenvalue weighted by Crippen LogP contribution is 2.36. The minimum absolute atomic E-state index is 0.0116. The first kappa shape index (κ1) is 21.7. The van der Waals surface area contributed by atoms with E-state index in [1.54, 1.807) is 0 Å². The van der Waals surface area contributed by atoms with Crippen LogP contribution in [0.1, 0.15) is 52.4 Å². The van der Waals surface area contributed by atoms with E-state index in [1.807, 2.05) is 24.3 Å². The third-order valence-corrected chi connectivity index (χ3v) is 5.21. The van der Waals surface area contributed by atoms with Crippen LogP contribution in [-0.4, -0.2) is 50.3 Å². The molecular formula is C22H36N2O3. The van der Waals surface area contributed by atoms with E-state index in [1.165, 1.54) is 0 Å². The minimum atomic E-state index is -0.677. The second-order valence-electron chi connectivity index (χ2n) is 8.01. The number of hydrogen-bond acceptors (Lipinski definition) is 4. The summed E-state index contributed by atoms with van der Waals surface area (Å²) in [5, 5.41) is 3.06. The van der Waals surface area contributed by atoms with Gasteiger partial charge in [-0.25, -0.2) is 0 Å². The number of ether oxygens (including phenoxy) is 2. The van der Waals surface area contributed by atoms with E-state index >= 15 is 0 Å². The first-order chi connectivity index (χ1) is 12.9. The van der Waals surface area contributed by atoms with Crippen molar-refractivity contribution in [2.24, 2.45) is 5.92 Å². The maximum Gasteiger partial charge on any atom is 0.256 e. The van der Waals surface area contributed by atoms with Crippen LogP contribution in [0.2, 0.25) is 0 Å². The van der Waals surface area contributed by atoms with Crippen LogP contribution in [0.5, 0.6) is 5.75 Å². The molecule has 5 heteroatoms. The van der Waals surface area contributed by atoms with Crippen molar-refractivity contribution in [1.82, 2.24) is 4.90 Å². The van der Waals surface area contributed by atoms with E-state index < -0.39 is 5.60 Å². The van der Waals surface area contributed by atoms with Gasteiger partial charge in [-0.2, -0.15) is 0 Å². The van der Waals surface area contributed by atoms with Crippen LogP contribution in [0.4, 0.5) is 5.69 Å². The summed E-state index contributed by atoms with van der Waals surface area (Å²) in [6, 6.07) is 7.62. The maximum absolute atomic E-state index is 13.0. The van der Waals surface area contributed by atoms with Gasteiger partial charge in [0.05, 0.1) is 6.61 Å². The molecule has 27 heavy (non-hydrogen) atoms. The number of carbonyl (C=O) groups is 1. The summed E-state index contributed by atoms with van der Waals surface area (Å²) in [5.74, 6) is 1.48. The molecule has 0 radical (unpaired) electrons. The Balaban J connectivity index is 1.90. The van der Waals surface area contributed by atoms with Crippen molar-refractivity contribution in [1.29, 1.82) is 0 Å². The average molecular weight is 377 g/mol. The third-order valence-electron chi connectivity index (χ3n) is 5.21. The molecule has 0 saturated heterocycles.